The predicted molar refractivity (Wildman–Crippen MR) is 110 cm³/mol. The van der Waals surface area contributed by atoms with Gasteiger partial charge in [0, 0.05) is 34.1 Å². The molecule has 0 fully saturated rings. The lowest BCUT2D eigenvalue weighted by Gasteiger charge is -2.30. The van der Waals surface area contributed by atoms with Crippen molar-refractivity contribution in [2.75, 3.05) is 0 Å². The van der Waals surface area contributed by atoms with Gasteiger partial charge >= 0.3 is 5.97 Å². The smallest absolute Gasteiger partial charge is 0.307 e. The summed E-state index contributed by atoms with van der Waals surface area (Å²) in [5.74, 6) is -1.51. The van der Waals surface area contributed by atoms with Gasteiger partial charge in [-0.05, 0) is 67.1 Å². The van der Waals surface area contributed by atoms with Gasteiger partial charge in [0.2, 0.25) is 0 Å². The van der Waals surface area contributed by atoms with Crippen molar-refractivity contribution in [1.29, 1.82) is 0 Å². The van der Waals surface area contributed by atoms with E-state index < -0.39 is 11.9 Å². The van der Waals surface area contributed by atoms with E-state index in [-0.39, 0.29) is 11.7 Å². The number of rotatable bonds is 5. The summed E-state index contributed by atoms with van der Waals surface area (Å²) in [5.41, 5.74) is 4.23. The minimum absolute atomic E-state index is 0.0611. The molecule has 1 aliphatic carbocycles. The number of halogens is 2. The zero-order valence-electron chi connectivity index (χ0n) is 15.8. The van der Waals surface area contributed by atoms with Gasteiger partial charge in [-0.15, -0.1) is 0 Å². The van der Waals surface area contributed by atoms with E-state index in [9.17, 15) is 14.3 Å². The Balaban J connectivity index is 1.92. The number of aryl methyl sites for hydroxylation is 1. The van der Waals surface area contributed by atoms with Crippen molar-refractivity contribution < 1.29 is 14.3 Å². The van der Waals surface area contributed by atoms with Gasteiger partial charge in [-0.1, -0.05) is 30.7 Å². The largest absolute Gasteiger partial charge is 0.481 e. The normalized spacial score (nSPS) is 17.5. The summed E-state index contributed by atoms with van der Waals surface area (Å²) in [6.07, 6.45) is 3.21. The SMILES string of the molecule is CCC(C(=O)O)C1CCCc2c1n(Cc1ccc(Cl)cc1)c1ccc(F)cc21. The number of fused-ring (bicyclic) bond motifs is 3. The lowest BCUT2D eigenvalue weighted by Crippen LogP contribution is -2.27. The topological polar surface area (TPSA) is 42.2 Å². The molecule has 1 heterocycles. The Morgan fingerprint density at radius 3 is 2.71 bits per heavy atom. The summed E-state index contributed by atoms with van der Waals surface area (Å²) >= 11 is 6.03. The van der Waals surface area contributed by atoms with Crippen LogP contribution in [0.25, 0.3) is 10.9 Å². The zero-order chi connectivity index (χ0) is 19.8. The third-order valence-corrected chi connectivity index (χ3v) is 6.22. The Labute approximate surface area is 168 Å². The number of benzene rings is 2. The van der Waals surface area contributed by atoms with E-state index >= 15 is 0 Å². The van der Waals surface area contributed by atoms with Gasteiger partial charge in [0.1, 0.15) is 5.82 Å². The second-order valence-corrected chi connectivity index (χ2v) is 8.03. The maximum Gasteiger partial charge on any atom is 0.307 e. The average molecular weight is 400 g/mol. The van der Waals surface area contributed by atoms with Crippen LogP contribution in [0.3, 0.4) is 0 Å². The molecule has 0 saturated carbocycles. The van der Waals surface area contributed by atoms with Crippen molar-refractivity contribution in [3.63, 3.8) is 0 Å². The zero-order valence-corrected chi connectivity index (χ0v) is 16.5. The fourth-order valence-electron chi connectivity index (χ4n) is 4.70. The van der Waals surface area contributed by atoms with Gasteiger partial charge in [0.05, 0.1) is 5.92 Å². The number of hydrogen-bond donors (Lipinski definition) is 1. The van der Waals surface area contributed by atoms with Crippen LogP contribution in [0.2, 0.25) is 5.02 Å². The van der Waals surface area contributed by atoms with Crippen LogP contribution in [0.15, 0.2) is 42.5 Å². The van der Waals surface area contributed by atoms with Crippen molar-refractivity contribution in [2.45, 2.75) is 45.1 Å². The lowest BCUT2D eigenvalue weighted by molar-refractivity contribution is -0.142. The molecule has 0 amide bonds. The molecule has 3 aromatic rings. The molecule has 1 aromatic heterocycles. The summed E-state index contributed by atoms with van der Waals surface area (Å²) in [6, 6.07) is 12.6. The Bertz CT molecular complexity index is 1030. The van der Waals surface area contributed by atoms with Crippen LogP contribution in [0, 0.1) is 11.7 Å². The van der Waals surface area contributed by atoms with Gasteiger partial charge in [-0.25, -0.2) is 4.39 Å². The first-order chi connectivity index (χ1) is 13.5. The summed E-state index contributed by atoms with van der Waals surface area (Å²) in [6.45, 7) is 2.54. The van der Waals surface area contributed by atoms with E-state index in [0.29, 0.717) is 18.0 Å². The second kappa shape index (κ2) is 7.59. The van der Waals surface area contributed by atoms with E-state index in [1.165, 1.54) is 6.07 Å². The Hall–Kier alpha value is -2.33. The van der Waals surface area contributed by atoms with Crippen molar-refractivity contribution in [2.24, 2.45) is 5.92 Å². The molecule has 0 aliphatic heterocycles. The first kappa shape index (κ1) is 19.0. The van der Waals surface area contributed by atoms with Gasteiger partial charge in [0.15, 0.2) is 0 Å². The minimum Gasteiger partial charge on any atom is -0.481 e. The van der Waals surface area contributed by atoms with Crippen LogP contribution in [0.5, 0.6) is 0 Å². The fourth-order valence-corrected chi connectivity index (χ4v) is 4.83. The third kappa shape index (κ3) is 3.30. The lowest BCUT2D eigenvalue weighted by atomic mass is 9.77. The van der Waals surface area contributed by atoms with Crippen molar-refractivity contribution in [3.05, 3.63) is 70.1 Å². The third-order valence-electron chi connectivity index (χ3n) is 5.96. The van der Waals surface area contributed by atoms with E-state index in [2.05, 4.69) is 4.57 Å². The summed E-state index contributed by atoms with van der Waals surface area (Å²) < 4.78 is 16.2. The molecular weight excluding hydrogens is 377 g/mol. The van der Waals surface area contributed by atoms with Gasteiger partial charge in [-0.3, -0.25) is 4.79 Å². The van der Waals surface area contributed by atoms with Crippen LogP contribution < -0.4 is 0 Å². The van der Waals surface area contributed by atoms with Crippen LogP contribution >= 0.6 is 11.6 Å². The molecule has 1 N–H and O–H groups in total. The maximum absolute atomic E-state index is 14.0. The number of carbonyl (C=O) groups is 1. The standard InChI is InChI=1S/C23H23ClFNO2/c1-2-17(23(27)28)18-4-3-5-19-20-12-16(25)10-11-21(20)26(22(18)19)13-14-6-8-15(24)9-7-14/h6-12,17-18H,2-5,13H2,1H3,(H,27,28). The maximum atomic E-state index is 14.0. The second-order valence-electron chi connectivity index (χ2n) is 7.59. The molecule has 2 unspecified atom stereocenters. The number of aliphatic carboxylic acids is 1. The molecule has 5 heteroatoms. The molecule has 4 rings (SSSR count). The molecule has 0 radical (unpaired) electrons. The molecule has 0 spiro atoms. The predicted octanol–water partition coefficient (Wildman–Crippen LogP) is 6.01. The summed E-state index contributed by atoms with van der Waals surface area (Å²) in [5, 5.41) is 11.4. The number of carboxylic acids is 1. The summed E-state index contributed by atoms with van der Waals surface area (Å²) in [7, 11) is 0. The molecule has 0 bridgehead atoms. The van der Waals surface area contributed by atoms with Crippen LogP contribution in [0.4, 0.5) is 4.39 Å². The highest BCUT2D eigenvalue weighted by Gasteiger charge is 2.35. The minimum atomic E-state index is -0.755. The molecule has 28 heavy (non-hydrogen) atoms. The Morgan fingerprint density at radius 1 is 1.29 bits per heavy atom. The van der Waals surface area contributed by atoms with Crippen molar-refractivity contribution in [1.82, 2.24) is 4.57 Å². The quantitative estimate of drug-likeness (QED) is 0.570. The molecule has 146 valence electrons. The highest BCUT2D eigenvalue weighted by Crippen LogP contribution is 2.43. The average Bonchev–Trinajstić information content (AvgIpc) is 2.98. The van der Waals surface area contributed by atoms with Gasteiger partial charge in [0.25, 0.3) is 0 Å². The van der Waals surface area contributed by atoms with E-state index in [0.717, 1.165) is 47.0 Å². The number of carboxylic acid groups (broad SMARTS) is 1. The Kier molecular flexibility index (Phi) is 5.15. The molecular formula is C23H23ClFNO2. The van der Waals surface area contributed by atoms with Gasteiger partial charge in [-0.2, -0.15) is 0 Å². The summed E-state index contributed by atoms with van der Waals surface area (Å²) in [4.78, 5) is 11.9. The van der Waals surface area contributed by atoms with Crippen molar-refractivity contribution in [3.8, 4) is 0 Å². The van der Waals surface area contributed by atoms with Crippen LogP contribution in [-0.2, 0) is 17.8 Å². The molecule has 3 nitrogen and oxygen atoms in total. The van der Waals surface area contributed by atoms with Crippen LogP contribution in [0.1, 0.15) is 48.9 Å². The monoisotopic (exact) mass is 399 g/mol. The highest BCUT2D eigenvalue weighted by molar-refractivity contribution is 6.30. The number of aromatic nitrogens is 1. The van der Waals surface area contributed by atoms with E-state index in [1.807, 2.05) is 37.3 Å². The first-order valence-electron chi connectivity index (χ1n) is 9.77. The van der Waals surface area contributed by atoms with E-state index in [4.69, 9.17) is 11.6 Å². The molecule has 0 saturated heterocycles. The molecule has 1 aliphatic rings. The fraction of sp³-hybridized carbons (Fsp3) is 0.348. The molecule has 2 aromatic carbocycles. The first-order valence-corrected chi connectivity index (χ1v) is 10.1. The van der Waals surface area contributed by atoms with E-state index in [1.54, 1.807) is 6.07 Å². The molecule has 2 atom stereocenters. The van der Waals surface area contributed by atoms with Crippen molar-refractivity contribution >= 4 is 28.5 Å². The van der Waals surface area contributed by atoms with Gasteiger partial charge < -0.3 is 9.67 Å². The highest BCUT2D eigenvalue weighted by atomic mass is 35.5. The number of nitrogens with zero attached hydrogens (tertiary/aromatic N) is 1. The Morgan fingerprint density at radius 2 is 2.04 bits per heavy atom. The number of hydrogen-bond acceptors (Lipinski definition) is 1. The van der Waals surface area contributed by atoms with Crippen LogP contribution in [-0.4, -0.2) is 15.6 Å².